The van der Waals surface area contributed by atoms with Gasteiger partial charge >= 0.3 is 5.97 Å². The Hall–Kier alpha value is -2.38. The van der Waals surface area contributed by atoms with Crippen molar-refractivity contribution in [1.82, 2.24) is 4.31 Å². The Kier molecular flexibility index (Phi) is 5.06. The summed E-state index contributed by atoms with van der Waals surface area (Å²) < 4.78 is 32.3. The van der Waals surface area contributed by atoms with Crippen molar-refractivity contribution in [3.63, 3.8) is 0 Å². The maximum atomic E-state index is 12.6. The van der Waals surface area contributed by atoms with Gasteiger partial charge in [0.15, 0.2) is 0 Å². The van der Waals surface area contributed by atoms with Crippen LogP contribution in [0.5, 0.6) is 11.5 Å². The lowest BCUT2D eigenvalue weighted by molar-refractivity contribution is 0.0696. The highest BCUT2D eigenvalue weighted by Gasteiger charge is 2.25. The van der Waals surface area contributed by atoms with Gasteiger partial charge in [-0.3, -0.25) is 0 Å². The second kappa shape index (κ2) is 7.25. The highest BCUT2D eigenvalue weighted by Crippen LogP contribution is 2.26. The molecule has 6 nitrogen and oxygen atoms in total. The summed E-state index contributed by atoms with van der Waals surface area (Å²) in [4.78, 5) is 11.2. The molecule has 2 aromatic rings. The van der Waals surface area contributed by atoms with E-state index in [0.29, 0.717) is 24.6 Å². The minimum atomic E-state index is -3.47. The number of piperidine rings is 1. The Balaban J connectivity index is 1.76. The minimum Gasteiger partial charge on any atom is -0.478 e. The fraction of sp³-hybridized carbons (Fsp3) is 0.278. The van der Waals surface area contributed by atoms with Crippen LogP contribution < -0.4 is 4.74 Å². The number of nitrogens with zero attached hydrogens (tertiary/aromatic N) is 1. The number of hydrogen-bond acceptors (Lipinski definition) is 4. The normalized spacial score (nSPS) is 15.7. The van der Waals surface area contributed by atoms with E-state index in [9.17, 15) is 13.2 Å². The van der Waals surface area contributed by atoms with E-state index in [1.165, 1.54) is 28.6 Å². The third-order valence-electron chi connectivity index (χ3n) is 4.09. The first-order valence-electron chi connectivity index (χ1n) is 8.08. The molecule has 2 aromatic carbocycles. The van der Waals surface area contributed by atoms with Crippen LogP contribution in [0.15, 0.2) is 53.4 Å². The molecular weight excluding hydrogens is 342 g/mol. The summed E-state index contributed by atoms with van der Waals surface area (Å²) in [6.45, 7) is 1.12. The molecule has 0 atom stereocenters. The largest absolute Gasteiger partial charge is 0.478 e. The number of carboxylic acids is 1. The number of benzene rings is 2. The summed E-state index contributed by atoms with van der Waals surface area (Å²) in [6.07, 6.45) is 2.84. The second-order valence-corrected chi connectivity index (χ2v) is 7.81. The lowest BCUT2D eigenvalue weighted by Gasteiger charge is -2.25. The number of aromatic carboxylic acids is 1. The van der Waals surface area contributed by atoms with Gasteiger partial charge in [0.1, 0.15) is 11.5 Å². The molecule has 0 spiro atoms. The van der Waals surface area contributed by atoms with E-state index in [4.69, 9.17) is 9.84 Å². The highest BCUT2D eigenvalue weighted by atomic mass is 32.2. The molecule has 1 N–H and O–H groups in total. The molecule has 0 radical (unpaired) electrons. The second-order valence-electron chi connectivity index (χ2n) is 5.87. The molecule has 0 amide bonds. The Labute approximate surface area is 146 Å². The van der Waals surface area contributed by atoms with Crippen molar-refractivity contribution in [1.29, 1.82) is 0 Å². The SMILES string of the molecule is O=C(O)c1cccc(Oc2ccc(S(=O)(=O)N3CCCCC3)cc2)c1. The highest BCUT2D eigenvalue weighted by molar-refractivity contribution is 7.89. The van der Waals surface area contributed by atoms with Gasteiger partial charge in [-0.15, -0.1) is 0 Å². The van der Waals surface area contributed by atoms with Crippen LogP contribution in [0, 0.1) is 0 Å². The Morgan fingerprint density at radius 3 is 2.28 bits per heavy atom. The van der Waals surface area contributed by atoms with Crippen molar-refractivity contribution >= 4 is 16.0 Å². The zero-order chi connectivity index (χ0) is 17.9. The van der Waals surface area contributed by atoms with E-state index in [-0.39, 0.29) is 10.5 Å². The molecule has 0 aromatic heterocycles. The van der Waals surface area contributed by atoms with Crippen LogP contribution in [0.3, 0.4) is 0 Å². The molecule has 1 aliphatic heterocycles. The average Bonchev–Trinajstić information content (AvgIpc) is 2.63. The molecule has 0 aliphatic carbocycles. The molecule has 1 heterocycles. The van der Waals surface area contributed by atoms with Gasteiger partial charge in [-0.05, 0) is 55.3 Å². The van der Waals surface area contributed by atoms with Gasteiger partial charge in [0.2, 0.25) is 10.0 Å². The maximum Gasteiger partial charge on any atom is 0.335 e. The monoisotopic (exact) mass is 361 g/mol. The maximum absolute atomic E-state index is 12.6. The first-order chi connectivity index (χ1) is 12.0. The number of sulfonamides is 1. The molecule has 0 unspecified atom stereocenters. The molecule has 0 saturated carbocycles. The summed E-state index contributed by atoms with van der Waals surface area (Å²) in [6, 6.07) is 12.3. The number of carboxylic acid groups (broad SMARTS) is 1. The molecule has 25 heavy (non-hydrogen) atoms. The van der Waals surface area contributed by atoms with Crippen molar-refractivity contribution < 1.29 is 23.1 Å². The lowest BCUT2D eigenvalue weighted by Crippen LogP contribution is -2.35. The van der Waals surface area contributed by atoms with E-state index < -0.39 is 16.0 Å². The number of ether oxygens (including phenoxy) is 1. The molecule has 1 fully saturated rings. The molecule has 132 valence electrons. The van der Waals surface area contributed by atoms with Crippen LogP contribution in [-0.4, -0.2) is 36.9 Å². The smallest absolute Gasteiger partial charge is 0.335 e. The number of rotatable bonds is 5. The topological polar surface area (TPSA) is 83.9 Å². The van der Waals surface area contributed by atoms with Crippen LogP contribution in [-0.2, 0) is 10.0 Å². The summed E-state index contributed by atoms with van der Waals surface area (Å²) in [5.41, 5.74) is 0.127. The zero-order valence-electron chi connectivity index (χ0n) is 13.6. The number of carbonyl (C=O) groups is 1. The Morgan fingerprint density at radius 2 is 1.64 bits per heavy atom. The Morgan fingerprint density at radius 1 is 0.960 bits per heavy atom. The molecule has 1 aliphatic rings. The van der Waals surface area contributed by atoms with Gasteiger partial charge in [-0.1, -0.05) is 12.5 Å². The molecule has 0 bridgehead atoms. The quantitative estimate of drug-likeness (QED) is 0.883. The van der Waals surface area contributed by atoms with E-state index in [1.807, 2.05) is 0 Å². The third-order valence-corrected chi connectivity index (χ3v) is 6.01. The van der Waals surface area contributed by atoms with Gasteiger partial charge in [0, 0.05) is 13.1 Å². The number of hydrogen-bond donors (Lipinski definition) is 1. The molecule has 1 saturated heterocycles. The molecular formula is C18H19NO5S. The van der Waals surface area contributed by atoms with Crippen LogP contribution >= 0.6 is 0 Å². The van der Waals surface area contributed by atoms with E-state index in [2.05, 4.69) is 0 Å². The van der Waals surface area contributed by atoms with Crippen LogP contribution in [0.1, 0.15) is 29.6 Å². The minimum absolute atomic E-state index is 0.127. The predicted octanol–water partition coefficient (Wildman–Crippen LogP) is 3.35. The standard InChI is InChI=1S/C18H19NO5S/c20-18(21)14-5-4-6-16(13-14)24-15-7-9-17(10-8-15)25(22,23)19-11-2-1-3-12-19/h4-10,13H,1-3,11-12H2,(H,20,21). The fourth-order valence-electron chi connectivity index (χ4n) is 2.76. The molecule has 3 rings (SSSR count). The summed E-state index contributed by atoms with van der Waals surface area (Å²) >= 11 is 0. The van der Waals surface area contributed by atoms with Gasteiger partial charge < -0.3 is 9.84 Å². The van der Waals surface area contributed by atoms with Gasteiger partial charge in [0.05, 0.1) is 10.5 Å². The van der Waals surface area contributed by atoms with E-state index in [0.717, 1.165) is 19.3 Å². The summed E-state index contributed by atoms with van der Waals surface area (Å²) in [7, 11) is -3.47. The third kappa shape index (κ3) is 4.00. The van der Waals surface area contributed by atoms with E-state index >= 15 is 0 Å². The van der Waals surface area contributed by atoms with Gasteiger partial charge in [-0.25, -0.2) is 13.2 Å². The summed E-state index contributed by atoms with van der Waals surface area (Å²) in [5.74, 6) is -0.208. The van der Waals surface area contributed by atoms with Crippen molar-refractivity contribution in [2.24, 2.45) is 0 Å². The van der Waals surface area contributed by atoms with Crippen molar-refractivity contribution in [3.8, 4) is 11.5 Å². The van der Waals surface area contributed by atoms with Crippen LogP contribution in [0.25, 0.3) is 0 Å². The zero-order valence-corrected chi connectivity index (χ0v) is 14.4. The van der Waals surface area contributed by atoms with Gasteiger partial charge in [-0.2, -0.15) is 4.31 Å². The van der Waals surface area contributed by atoms with Crippen LogP contribution in [0.2, 0.25) is 0 Å². The first-order valence-corrected chi connectivity index (χ1v) is 9.52. The first kappa shape index (κ1) is 17.4. The van der Waals surface area contributed by atoms with Crippen molar-refractivity contribution in [3.05, 3.63) is 54.1 Å². The van der Waals surface area contributed by atoms with Crippen molar-refractivity contribution in [2.75, 3.05) is 13.1 Å². The van der Waals surface area contributed by atoms with Gasteiger partial charge in [0.25, 0.3) is 0 Å². The van der Waals surface area contributed by atoms with Crippen molar-refractivity contribution in [2.45, 2.75) is 24.2 Å². The fourth-order valence-corrected chi connectivity index (χ4v) is 4.28. The Bertz CT molecular complexity index is 855. The average molecular weight is 361 g/mol. The molecule has 7 heteroatoms. The predicted molar refractivity (Wildman–Crippen MR) is 92.5 cm³/mol. The lowest BCUT2D eigenvalue weighted by atomic mass is 10.2. The van der Waals surface area contributed by atoms with E-state index in [1.54, 1.807) is 24.3 Å². The summed E-state index contributed by atoms with van der Waals surface area (Å²) in [5, 5.41) is 9.00. The van der Waals surface area contributed by atoms with Crippen LogP contribution in [0.4, 0.5) is 0 Å².